The van der Waals surface area contributed by atoms with Gasteiger partial charge in [-0.15, -0.1) is 0 Å². The number of aliphatic imine (C=N–C) groups is 1. The Morgan fingerprint density at radius 3 is 3.00 bits per heavy atom. The molecule has 0 spiro atoms. The number of nitrogens with zero attached hydrogens (tertiary/aromatic N) is 3. The standard InChI is InChI=1S/C16H20N4O2/c1-10-8-20(12-4-5-17-7-12)9-14(10)18-16(21)13-6-15(22-19-13)11-2-3-11/h4,6-7,10-11,14H,2-3,5,8-9H2,1H3,(H,18,21)/t10-,14+/m0/s1. The number of nitrogens with one attached hydrogen (secondary N) is 1. The van der Waals surface area contributed by atoms with Crippen molar-refractivity contribution in [3.05, 3.63) is 29.3 Å². The SMILES string of the molecule is C[C@H]1CN(C2=CCN=C2)C[C@H]1NC(=O)c1cc(C2CC2)on1. The topological polar surface area (TPSA) is 70.7 Å². The molecule has 2 aliphatic heterocycles. The Balaban J connectivity index is 1.39. The minimum atomic E-state index is -0.136. The van der Waals surface area contributed by atoms with Crippen molar-refractivity contribution in [3.63, 3.8) is 0 Å². The molecule has 1 amide bonds. The smallest absolute Gasteiger partial charge is 0.273 e. The maximum atomic E-state index is 12.3. The molecule has 4 rings (SSSR count). The minimum absolute atomic E-state index is 0.128. The van der Waals surface area contributed by atoms with Crippen LogP contribution in [0.1, 0.15) is 41.9 Å². The van der Waals surface area contributed by atoms with Crippen molar-refractivity contribution in [2.24, 2.45) is 10.9 Å². The predicted octanol–water partition coefficient (Wildman–Crippen LogP) is 1.57. The van der Waals surface area contributed by atoms with Gasteiger partial charge in [-0.25, -0.2) is 0 Å². The summed E-state index contributed by atoms with van der Waals surface area (Å²) in [5.41, 5.74) is 1.57. The molecular weight excluding hydrogens is 280 g/mol. The lowest BCUT2D eigenvalue weighted by Crippen LogP contribution is -2.40. The van der Waals surface area contributed by atoms with Gasteiger partial charge in [0.05, 0.1) is 18.3 Å². The van der Waals surface area contributed by atoms with Gasteiger partial charge in [0.2, 0.25) is 0 Å². The summed E-state index contributed by atoms with van der Waals surface area (Å²) in [6.45, 7) is 4.68. The van der Waals surface area contributed by atoms with E-state index in [1.54, 1.807) is 6.07 Å². The molecule has 22 heavy (non-hydrogen) atoms. The van der Waals surface area contributed by atoms with Crippen molar-refractivity contribution in [2.45, 2.75) is 31.7 Å². The zero-order valence-corrected chi connectivity index (χ0v) is 12.7. The molecule has 1 aromatic heterocycles. The second-order valence-electron chi connectivity index (χ2n) is 6.47. The summed E-state index contributed by atoms with van der Waals surface area (Å²) in [6.07, 6.45) is 6.32. The highest BCUT2D eigenvalue weighted by molar-refractivity contribution is 5.92. The molecule has 1 aliphatic carbocycles. The lowest BCUT2D eigenvalue weighted by atomic mass is 10.1. The van der Waals surface area contributed by atoms with Crippen LogP contribution in [0.15, 0.2) is 27.4 Å². The van der Waals surface area contributed by atoms with Gasteiger partial charge in [-0.3, -0.25) is 9.79 Å². The maximum absolute atomic E-state index is 12.3. The number of hydrogen-bond acceptors (Lipinski definition) is 5. The molecule has 1 N–H and O–H groups in total. The molecule has 3 heterocycles. The van der Waals surface area contributed by atoms with E-state index in [0.29, 0.717) is 17.5 Å². The molecule has 0 radical (unpaired) electrons. The zero-order chi connectivity index (χ0) is 15.1. The van der Waals surface area contributed by atoms with Gasteiger partial charge in [-0.2, -0.15) is 0 Å². The fourth-order valence-corrected chi connectivity index (χ4v) is 3.12. The average Bonchev–Trinajstić information content (AvgIpc) is 2.96. The largest absolute Gasteiger partial charge is 0.368 e. The van der Waals surface area contributed by atoms with E-state index in [9.17, 15) is 4.79 Å². The summed E-state index contributed by atoms with van der Waals surface area (Å²) in [6, 6.07) is 1.92. The van der Waals surface area contributed by atoms with Gasteiger partial charge in [0.1, 0.15) is 5.76 Å². The first-order chi connectivity index (χ1) is 10.7. The molecule has 6 heteroatoms. The van der Waals surface area contributed by atoms with Gasteiger partial charge >= 0.3 is 0 Å². The number of carbonyl (C=O) groups is 1. The summed E-state index contributed by atoms with van der Waals surface area (Å²) >= 11 is 0. The van der Waals surface area contributed by atoms with Gasteiger partial charge in [0.15, 0.2) is 5.69 Å². The third-order valence-corrected chi connectivity index (χ3v) is 4.66. The predicted molar refractivity (Wildman–Crippen MR) is 81.9 cm³/mol. The molecule has 3 aliphatic rings. The van der Waals surface area contributed by atoms with Crippen molar-refractivity contribution < 1.29 is 9.32 Å². The molecule has 116 valence electrons. The maximum Gasteiger partial charge on any atom is 0.273 e. The highest BCUT2D eigenvalue weighted by Gasteiger charge is 2.33. The summed E-state index contributed by atoms with van der Waals surface area (Å²) in [5, 5.41) is 7.00. The van der Waals surface area contributed by atoms with Gasteiger partial charge < -0.3 is 14.7 Å². The number of allylic oxidation sites excluding steroid dienone is 1. The normalized spacial score (nSPS) is 27.3. The Morgan fingerprint density at radius 2 is 2.27 bits per heavy atom. The molecule has 2 atom stereocenters. The van der Waals surface area contributed by atoms with Gasteiger partial charge in [-0.05, 0) is 24.8 Å². The Morgan fingerprint density at radius 1 is 1.41 bits per heavy atom. The molecule has 0 unspecified atom stereocenters. The van der Waals surface area contributed by atoms with Crippen LogP contribution in [-0.2, 0) is 0 Å². The van der Waals surface area contributed by atoms with E-state index in [-0.39, 0.29) is 11.9 Å². The summed E-state index contributed by atoms with van der Waals surface area (Å²) in [4.78, 5) is 18.8. The quantitative estimate of drug-likeness (QED) is 0.916. The van der Waals surface area contributed by atoms with Crippen molar-refractivity contribution in [1.82, 2.24) is 15.4 Å². The average molecular weight is 300 g/mol. The van der Waals surface area contributed by atoms with Crippen LogP contribution in [0.2, 0.25) is 0 Å². The Bertz CT molecular complexity index is 644. The number of carbonyl (C=O) groups excluding carboxylic acids is 1. The van der Waals surface area contributed by atoms with Crippen LogP contribution in [0.25, 0.3) is 0 Å². The van der Waals surface area contributed by atoms with E-state index in [1.165, 1.54) is 5.70 Å². The van der Waals surface area contributed by atoms with E-state index >= 15 is 0 Å². The van der Waals surface area contributed by atoms with Gasteiger partial charge in [-0.1, -0.05) is 12.1 Å². The second-order valence-corrected chi connectivity index (χ2v) is 6.47. The number of aromatic nitrogens is 1. The molecule has 1 saturated carbocycles. The number of amides is 1. The molecule has 1 aromatic rings. The lowest BCUT2D eigenvalue weighted by molar-refractivity contribution is 0.0922. The van der Waals surface area contributed by atoms with Crippen LogP contribution < -0.4 is 5.32 Å². The molecule has 6 nitrogen and oxygen atoms in total. The third-order valence-electron chi connectivity index (χ3n) is 4.66. The highest BCUT2D eigenvalue weighted by Crippen LogP contribution is 2.40. The van der Waals surface area contributed by atoms with Crippen molar-refractivity contribution >= 4 is 12.1 Å². The van der Waals surface area contributed by atoms with Crippen LogP contribution in [-0.4, -0.2) is 47.9 Å². The molecule has 0 bridgehead atoms. The van der Waals surface area contributed by atoms with E-state index in [4.69, 9.17) is 4.52 Å². The van der Waals surface area contributed by atoms with Crippen molar-refractivity contribution in [3.8, 4) is 0 Å². The highest BCUT2D eigenvalue weighted by atomic mass is 16.5. The first-order valence-electron chi connectivity index (χ1n) is 7.93. The summed E-state index contributed by atoms with van der Waals surface area (Å²) < 4.78 is 5.26. The van der Waals surface area contributed by atoms with Crippen molar-refractivity contribution in [1.29, 1.82) is 0 Å². The number of rotatable bonds is 4. The Hall–Kier alpha value is -2.11. The fraction of sp³-hybridized carbons (Fsp3) is 0.562. The van der Waals surface area contributed by atoms with Crippen LogP contribution in [0.3, 0.4) is 0 Å². The van der Waals surface area contributed by atoms with E-state index in [0.717, 1.165) is 38.2 Å². The lowest BCUT2D eigenvalue weighted by Gasteiger charge is -2.18. The van der Waals surface area contributed by atoms with Crippen molar-refractivity contribution in [2.75, 3.05) is 19.6 Å². The van der Waals surface area contributed by atoms with Gasteiger partial charge in [0, 0.05) is 31.3 Å². The van der Waals surface area contributed by atoms with E-state index in [1.807, 2.05) is 6.21 Å². The fourth-order valence-electron chi connectivity index (χ4n) is 3.12. The van der Waals surface area contributed by atoms with Crippen LogP contribution in [0, 0.1) is 5.92 Å². The molecule has 2 fully saturated rings. The monoisotopic (exact) mass is 300 g/mol. The first-order valence-corrected chi connectivity index (χ1v) is 7.93. The number of likely N-dealkylation sites (tertiary alicyclic amines) is 1. The third kappa shape index (κ3) is 2.53. The summed E-state index contributed by atoms with van der Waals surface area (Å²) in [7, 11) is 0. The van der Waals surface area contributed by atoms with Crippen LogP contribution in [0.4, 0.5) is 0 Å². The van der Waals surface area contributed by atoms with Crippen LogP contribution in [0.5, 0.6) is 0 Å². The summed E-state index contributed by atoms with van der Waals surface area (Å²) in [5.74, 6) is 1.58. The van der Waals surface area contributed by atoms with E-state index < -0.39 is 0 Å². The first kappa shape index (κ1) is 13.5. The molecule has 1 saturated heterocycles. The van der Waals surface area contributed by atoms with E-state index in [2.05, 4.69) is 33.4 Å². The minimum Gasteiger partial charge on any atom is -0.368 e. The molecular formula is C16H20N4O2. The van der Waals surface area contributed by atoms with Gasteiger partial charge in [0.25, 0.3) is 5.91 Å². The van der Waals surface area contributed by atoms with Crippen LogP contribution >= 0.6 is 0 Å². The zero-order valence-electron chi connectivity index (χ0n) is 12.7. The number of hydrogen-bond donors (Lipinski definition) is 1. The molecule has 0 aromatic carbocycles. The Kier molecular flexibility index (Phi) is 3.24. The Labute approximate surface area is 129 Å². The second kappa shape index (κ2) is 5.26.